The average molecular weight is 194 g/mol. The normalized spacial score (nSPS) is 25.1. The van der Waals surface area contributed by atoms with Gasteiger partial charge < -0.3 is 0 Å². The SMILES string of the molecule is C1=CC2=C3CC(=C1)/C=C\CC(=CC=C2)C3. The first-order valence-corrected chi connectivity index (χ1v) is 5.54. The molecule has 0 unspecified atom stereocenters. The second-order valence-electron chi connectivity index (χ2n) is 4.30. The fraction of sp³-hybridized carbons (Fsp3) is 0.200. The number of hydrogen-bond donors (Lipinski definition) is 0. The van der Waals surface area contributed by atoms with Crippen LogP contribution in [0.5, 0.6) is 0 Å². The summed E-state index contributed by atoms with van der Waals surface area (Å²) in [5.41, 5.74) is 5.94. The van der Waals surface area contributed by atoms with E-state index in [1.54, 1.807) is 5.57 Å². The van der Waals surface area contributed by atoms with E-state index in [0.29, 0.717) is 0 Å². The highest BCUT2D eigenvalue weighted by Crippen LogP contribution is 2.32. The molecular formula is C15H14. The summed E-state index contributed by atoms with van der Waals surface area (Å²) in [5, 5.41) is 0. The van der Waals surface area contributed by atoms with Gasteiger partial charge in [-0.05, 0) is 30.4 Å². The molecule has 3 aliphatic rings. The summed E-state index contributed by atoms with van der Waals surface area (Å²) >= 11 is 0. The first kappa shape index (κ1) is 8.72. The highest BCUT2D eigenvalue weighted by Gasteiger charge is 2.12. The Hall–Kier alpha value is -1.56. The van der Waals surface area contributed by atoms with E-state index in [1.807, 2.05) is 0 Å². The molecule has 0 fully saturated rings. The smallest absolute Gasteiger partial charge is 0.00550 e. The fourth-order valence-corrected chi connectivity index (χ4v) is 2.38. The Morgan fingerprint density at radius 3 is 2.67 bits per heavy atom. The maximum atomic E-state index is 2.28. The van der Waals surface area contributed by atoms with E-state index in [4.69, 9.17) is 0 Å². The molecule has 0 aromatic carbocycles. The van der Waals surface area contributed by atoms with Gasteiger partial charge in [0.1, 0.15) is 0 Å². The molecule has 15 heavy (non-hydrogen) atoms. The van der Waals surface area contributed by atoms with Crippen molar-refractivity contribution in [3.8, 4) is 0 Å². The summed E-state index contributed by atoms with van der Waals surface area (Å²) in [5.74, 6) is 0. The molecule has 0 heteroatoms. The molecule has 0 aromatic rings. The van der Waals surface area contributed by atoms with Crippen molar-refractivity contribution in [2.75, 3.05) is 0 Å². The Morgan fingerprint density at radius 1 is 0.867 bits per heavy atom. The summed E-state index contributed by atoms with van der Waals surface area (Å²) in [7, 11) is 0. The lowest BCUT2D eigenvalue weighted by Gasteiger charge is -2.13. The van der Waals surface area contributed by atoms with Gasteiger partial charge in [0.2, 0.25) is 0 Å². The van der Waals surface area contributed by atoms with Crippen molar-refractivity contribution in [3.63, 3.8) is 0 Å². The Morgan fingerprint density at radius 2 is 1.73 bits per heavy atom. The lowest BCUT2D eigenvalue weighted by Crippen LogP contribution is -1.94. The minimum Gasteiger partial charge on any atom is -0.0802 e. The summed E-state index contributed by atoms with van der Waals surface area (Å²) in [6, 6.07) is 0. The zero-order valence-electron chi connectivity index (χ0n) is 8.74. The average Bonchev–Trinajstić information content (AvgIpc) is 2.47. The van der Waals surface area contributed by atoms with Crippen LogP contribution in [0.4, 0.5) is 0 Å². The van der Waals surface area contributed by atoms with Crippen molar-refractivity contribution in [2.45, 2.75) is 19.3 Å². The summed E-state index contributed by atoms with van der Waals surface area (Å²) in [6.45, 7) is 0. The second kappa shape index (κ2) is 3.54. The minimum absolute atomic E-state index is 1.10. The molecule has 0 atom stereocenters. The van der Waals surface area contributed by atoms with E-state index in [1.165, 1.54) is 16.7 Å². The van der Waals surface area contributed by atoms with Gasteiger partial charge in [0.25, 0.3) is 0 Å². The van der Waals surface area contributed by atoms with Crippen LogP contribution in [0.3, 0.4) is 0 Å². The highest BCUT2D eigenvalue weighted by atomic mass is 14.2. The number of hydrogen-bond acceptors (Lipinski definition) is 0. The number of allylic oxidation sites excluding steroid dienone is 12. The standard InChI is InChI=1S/C15H14/c1-4-12-6-2-8-14-9-3-7-13(5-1)11-15(14)10-12/h1-4,6-9H,5,10-11H2/b4-1-. The zero-order valence-corrected chi connectivity index (χ0v) is 8.74. The van der Waals surface area contributed by atoms with Gasteiger partial charge in [-0.15, -0.1) is 0 Å². The molecule has 0 spiro atoms. The number of fused-ring (bicyclic) bond motifs is 2. The Labute approximate surface area is 90.7 Å². The molecule has 74 valence electrons. The third kappa shape index (κ3) is 1.68. The summed E-state index contributed by atoms with van der Waals surface area (Å²) < 4.78 is 0. The first-order chi connectivity index (χ1) is 7.42. The van der Waals surface area contributed by atoms with Crippen LogP contribution in [0, 0.1) is 0 Å². The Bertz CT molecular complexity index is 462. The summed E-state index contributed by atoms with van der Waals surface area (Å²) in [4.78, 5) is 0. The molecule has 0 saturated carbocycles. The van der Waals surface area contributed by atoms with Crippen molar-refractivity contribution < 1.29 is 0 Å². The van der Waals surface area contributed by atoms with E-state index in [-0.39, 0.29) is 0 Å². The zero-order chi connectivity index (χ0) is 10.1. The van der Waals surface area contributed by atoms with E-state index in [9.17, 15) is 0 Å². The van der Waals surface area contributed by atoms with Gasteiger partial charge >= 0.3 is 0 Å². The van der Waals surface area contributed by atoms with E-state index in [0.717, 1.165) is 19.3 Å². The van der Waals surface area contributed by atoms with Crippen LogP contribution < -0.4 is 0 Å². The third-order valence-corrected chi connectivity index (χ3v) is 3.17. The molecule has 0 nitrogen and oxygen atoms in total. The van der Waals surface area contributed by atoms with E-state index < -0.39 is 0 Å². The second-order valence-corrected chi connectivity index (χ2v) is 4.30. The predicted octanol–water partition coefficient (Wildman–Crippen LogP) is 4.02. The lowest BCUT2D eigenvalue weighted by atomic mass is 9.92. The molecule has 0 aromatic heterocycles. The fourth-order valence-electron chi connectivity index (χ4n) is 2.38. The monoisotopic (exact) mass is 194 g/mol. The van der Waals surface area contributed by atoms with Crippen molar-refractivity contribution in [2.24, 2.45) is 0 Å². The highest BCUT2D eigenvalue weighted by molar-refractivity contribution is 5.49. The van der Waals surface area contributed by atoms with Crippen molar-refractivity contribution in [3.05, 3.63) is 70.9 Å². The molecule has 0 saturated heterocycles. The van der Waals surface area contributed by atoms with Gasteiger partial charge in [-0.3, -0.25) is 0 Å². The quantitative estimate of drug-likeness (QED) is 0.546. The van der Waals surface area contributed by atoms with Gasteiger partial charge in [0.15, 0.2) is 0 Å². The molecule has 3 aliphatic carbocycles. The topological polar surface area (TPSA) is 0 Å². The van der Waals surface area contributed by atoms with Crippen LogP contribution in [0.25, 0.3) is 0 Å². The van der Waals surface area contributed by atoms with Gasteiger partial charge in [0.05, 0.1) is 0 Å². The molecule has 0 heterocycles. The Balaban J connectivity index is 2.17. The van der Waals surface area contributed by atoms with Crippen LogP contribution in [0.2, 0.25) is 0 Å². The lowest BCUT2D eigenvalue weighted by molar-refractivity contribution is 0.965. The largest absolute Gasteiger partial charge is 0.0802 e. The van der Waals surface area contributed by atoms with Gasteiger partial charge in [-0.25, -0.2) is 0 Å². The molecule has 0 amide bonds. The predicted molar refractivity (Wildman–Crippen MR) is 64.5 cm³/mol. The van der Waals surface area contributed by atoms with E-state index in [2.05, 4.69) is 48.6 Å². The van der Waals surface area contributed by atoms with Crippen LogP contribution in [0.1, 0.15) is 19.3 Å². The first-order valence-electron chi connectivity index (χ1n) is 5.54. The molecule has 0 N–H and O–H groups in total. The van der Waals surface area contributed by atoms with Crippen LogP contribution in [-0.4, -0.2) is 0 Å². The van der Waals surface area contributed by atoms with Crippen LogP contribution >= 0.6 is 0 Å². The maximum Gasteiger partial charge on any atom is -0.00550 e. The van der Waals surface area contributed by atoms with Gasteiger partial charge in [-0.2, -0.15) is 0 Å². The van der Waals surface area contributed by atoms with E-state index >= 15 is 0 Å². The third-order valence-electron chi connectivity index (χ3n) is 3.17. The maximum absolute atomic E-state index is 2.28. The van der Waals surface area contributed by atoms with Gasteiger partial charge in [0, 0.05) is 0 Å². The molecule has 0 aliphatic heterocycles. The molecule has 3 rings (SSSR count). The van der Waals surface area contributed by atoms with Crippen LogP contribution in [-0.2, 0) is 0 Å². The van der Waals surface area contributed by atoms with Crippen molar-refractivity contribution >= 4 is 0 Å². The number of rotatable bonds is 0. The van der Waals surface area contributed by atoms with Gasteiger partial charge in [-0.1, -0.05) is 59.8 Å². The van der Waals surface area contributed by atoms with Crippen molar-refractivity contribution in [1.29, 1.82) is 0 Å². The molecule has 0 radical (unpaired) electrons. The minimum atomic E-state index is 1.10. The van der Waals surface area contributed by atoms with Crippen molar-refractivity contribution in [1.82, 2.24) is 0 Å². The summed E-state index contributed by atoms with van der Waals surface area (Å²) in [6.07, 6.45) is 21.2. The Kier molecular flexibility index (Phi) is 2.06. The molecular weight excluding hydrogens is 180 g/mol. The van der Waals surface area contributed by atoms with Crippen LogP contribution in [0.15, 0.2) is 70.9 Å². The molecule has 3 bridgehead atoms.